The highest BCUT2D eigenvalue weighted by atomic mass is 35.5. The molecule has 0 aromatic heterocycles. The van der Waals surface area contributed by atoms with Crippen molar-refractivity contribution in [3.63, 3.8) is 0 Å². The molecule has 5 heteroatoms. The lowest BCUT2D eigenvalue weighted by Gasteiger charge is -2.18. The molecule has 100 valence electrons. The molecule has 0 aliphatic carbocycles. The van der Waals surface area contributed by atoms with Gasteiger partial charge in [0, 0.05) is 17.4 Å². The van der Waals surface area contributed by atoms with E-state index in [1.54, 1.807) is 30.9 Å². The zero-order valence-electron chi connectivity index (χ0n) is 10.8. The van der Waals surface area contributed by atoms with Crippen LogP contribution >= 0.6 is 19.1 Å². The van der Waals surface area contributed by atoms with Gasteiger partial charge in [-0.05, 0) is 36.8 Å². The Hall–Kier alpha value is -1.44. The van der Waals surface area contributed by atoms with E-state index in [0.717, 1.165) is 5.56 Å². The molecule has 2 rings (SSSR count). The Morgan fingerprint density at radius 2 is 1.84 bits per heavy atom. The summed E-state index contributed by atoms with van der Waals surface area (Å²) in [5.74, 6) is 0.570. The number of benzene rings is 2. The van der Waals surface area contributed by atoms with Crippen LogP contribution in [-0.4, -0.2) is 6.66 Å². The predicted octanol–water partition coefficient (Wildman–Crippen LogP) is 4.96. The smallest absolute Gasteiger partial charge is 0.338 e. The molecule has 0 spiro atoms. The quantitative estimate of drug-likeness (QED) is 0.810. The Morgan fingerprint density at radius 3 is 2.53 bits per heavy atom. The molecule has 19 heavy (non-hydrogen) atoms. The highest BCUT2D eigenvalue weighted by molar-refractivity contribution is 7.60. The van der Waals surface area contributed by atoms with Gasteiger partial charge in [0.15, 0.2) is 0 Å². The van der Waals surface area contributed by atoms with E-state index in [-0.39, 0.29) is 0 Å². The maximum atomic E-state index is 12.4. The lowest BCUT2D eigenvalue weighted by molar-refractivity contribution is 0.493. The van der Waals surface area contributed by atoms with Crippen molar-refractivity contribution in [1.82, 2.24) is 0 Å². The Labute approximate surface area is 118 Å². The van der Waals surface area contributed by atoms with Gasteiger partial charge in [-0.1, -0.05) is 35.9 Å². The van der Waals surface area contributed by atoms with E-state index in [1.807, 2.05) is 31.2 Å². The summed E-state index contributed by atoms with van der Waals surface area (Å²) in [7, 11) is -2.99. The molecule has 0 aliphatic rings. The molecule has 1 N–H and O–H groups in total. The van der Waals surface area contributed by atoms with E-state index in [1.165, 1.54) is 0 Å². The summed E-state index contributed by atoms with van der Waals surface area (Å²) in [4.78, 5) is 0. The number of hydrogen-bond acceptors (Lipinski definition) is 2. The van der Waals surface area contributed by atoms with Crippen LogP contribution in [0.2, 0.25) is 5.02 Å². The minimum absolute atomic E-state index is 0.570. The minimum atomic E-state index is -2.99. The van der Waals surface area contributed by atoms with Crippen molar-refractivity contribution < 1.29 is 9.09 Å². The first-order valence-electron chi connectivity index (χ1n) is 5.83. The summed E-state index contributed by atoms with van der Waals surface area (Å²) in [6.45, 7) is 3.46. The van der Waals surface area contributed by atoms with Gasteiger partial charge in [-0.2, -0.15) is 0 Å². The molecule has 0 bridgehead atoms. The summed E-state index contributed by atoms with van der Waals surface area (Å²) < 4.78 is 17.9. The van der Waals surface area contributed by atoms with Gasteiger partial charge in [0.05, 0.1) is 0 Å². The lowest BCUT2D eigenvalue weighted by Crippen LogP contribution is -2.03. The van der Waals surface area contributed by atoms with E-state index >= 15 is 0 Å². The third kappa shape index (κ3) is 4.02. The van der Waals surface area contributed by atoms with Crippen molar-refractivity contribution in [3.05, 3.63) is 59.1 Å². The molecule has 0 saturated carbocycles. The summed E-state index contributed by atoms with van der Waals surface area (Å²) in [5.41, 5.74) is 1.68. The standard InChI is InChI=1S/C14H15ClNO2P/c1-11-8-9-12(15)10-14(11)16-19(2,17)18-13-6-4-3-5-7-13/h3-10H,1-2H3,(H,16,17)/t19-/m0/s1. The van der Waals surface area contributed by atoms with E-state index in [0.29, 0.717) is 16.5 Å². The SMILES string of the molecule is Cc1ccc(Cl)cc1N[P@@](C)(=O)Oc1ccccc1. The van der Waals surface area contributed by atoms with E-state index in [9.17, 15) is 4.57 Å². The molecule has 0 radical (unpaired) electrons. The van der Waals surface area contributed by atoms with Crippen molar-refractivity contribution in [2.75, 3.05) is 11.8 Å². The Morgan fingerprint density at radius 1 is 1.16 bits per heavy atom. The summed E-state index contributed by atoms with van der Waals surface area (Å²) in [5, 5.41) is 3.52. The molecule has 0 amide bonds. The second-order valence-electron chi connectivity index (χ2n) is 4.32. The number of nitrogens with one attached hydrogen (secondary N) is 1. The number of hydrogen-bond donors (Lipinski definition) is 1. The van der Waals surface area contributed by atoms with Gasteiger partial charge in [-0.3, -0.25) is 4.57 Å². The Kier molecular flexibility index (Phi) is 4.18. The van der Waals surface area contributed by atoms with Crippen molar-refractivity contribution in [2.24, 2.45) is 0 Å². The first kappa shape index (κ1) is 14.0. The van der Waals surface area contributed by atoms with Gasteiger partial charge in [0.25, 0.3) is 0 Å². The van der Waals surface area contributed by atoms with E-state index in [2.05, 4.69) is 5.09 Å². The van der Waals surface area contributed by atoms with Gasteiger partial charge in [0.1, 0.15) is 5.75 Å². The van der Waals surface area contributed by atoms with Gasteiger partial charge in [-0.25, -0.2) is 0 Å². The molecule has 2 aromatic carbocycles. The van der Waals surface area contributed by atoms with Crippen molar-refractivity contribution in [1.29, 1.82) is 0 Å². The summed E-state index contributed by atoms with van der Waals surface area (Å²) >= 11 is 5.94. The highest BCUT2D eigenvalue weighted by Crippen LogP contribution is 2.44. The summed E-state index contributed by atoms with van der Waals surface area (Å²) in [6.07, 6.45) is 0. The number of anilines is 1. The van der Waals surface area contributed by atoms with Crippen molar-refractivity contribution >= 4 is 24.8 Å². The van der Waals surface area contributed by atoms with Crippen LogP contribution in [0.5, 0.6) is 5.75 Å². The molecular weight excluding hydrogens is 281 g/mol. The lowest BCUT2D eigenvalue weighted by atomic mass is 10.2. The van der Waals surface area contributed by atoms with Crippen molar-refractivity contribution in [3.8, 4) is 5.75 Å². The van der Waals surface area contributed by atoms with Crippen LogP contribution < -0.4 is 9.61 Å². The first-order valence-corrected chi connectivity index (χ1v) is 8.28. The van der Waals surface area contributed by atoms with Crippen LogP contribution in [0.3, 0.4) is 0 Å². The minimum Gasteiger partial charge on any atom is -0.429 e. The molecule has 0 heterocycles. The van der Waals surface area contributed by atoms with Gasteiger partial charge < -0.3 is 9.61 Å². The molecule has 3 nitrogen and oxygen atoms in total. The third-order valence-corrected chi connectivity index (χ3v) is 3.99. The predicted molar refractivity (Wildman–Crippen MR) is 80.4 cm³/mol. The van der Waals surface area contributed by atoms with E-state index < -0.39 is 7.52 Å². The summed E-state index contributed by atoms with van der Waals surface area (Å²) in [6, 6.07) is 14.5. The zero-order valence-corrected chi connectivity index (χ0v) is 12.4. The third-order valence-electron chi connectivity index (χ3n) is 2.55. The van der Waals surface area contributed by atoms with Crippen LogP contribution in [0.15, 0.2) is 48.5 Å². The van der Waals surface area contributed by atoms with Crippen LogP contribution in [0.4, 0.5) is 5.69 Å². The molecule has 2 aromatic rings. The number of halogens is 1. The maximum Gasteiger partial charge on any atom is 0.338 e. The number of rotatable bonds is 4. The highest BCUT2D eigenvalue weighted by Gasteiger charge is 2.18. The molecule has 1 atom stereocenters. The second kappa shape index (κ2) is 5.68. The fourth-order valence-corrected chi connectivity index (χ4v) is 3.06. The van der Waals surface area contributed by atoms with Crippen LogP contribution in [0, 0.1) is 6.92 Å². The molecule has 0 aliphatic heterocycles. The van der Waals surface area contributed by atoms with Gasteiger partial charge in [-0.15, -0.1) is 0 Å². The van der Waals surface area contributed by atoms with Crippen LogP contribution in [-0.2, 0) is 4.57 Å². The average molecular weight is 296 g/mol. The monoisotopic (exact) mass is 295 g/mol. The van der Waals surface area contributed by atoms with E-state index in [4.69, 9.17) is 16.1 Å². The number of para-hydroxylation sites is 1. The molecule has 0 saturated heterocycles. The maximum absolute atomic E-state index is 12.4. The zero-order chi connectivity index (χ0) is 13.9. The van der Waals surface area contributed by atoms with Gasteiger partial charge in [0.2, 0.25) is 0 Å². The largest absolute Gasteiger partial charge is 0.429 e. The number of aryl methyl sites for hydroxylation is 1. The van der Waals surface area contributed by atoms with Crippen molar-refractivity contribution in [2.45, 2.75) is 6.92 Å². The second-order valence-corrected chi connectivity index (χ2v) is 6.86. The molecular formula is C14H15ClNO2P. The van der Waals surface area contributed by atoms with Crippen LogP contribution in [0.25, 0.3) is 0 Å². The van der Waals surface area contributed by atoms with Crippen LogP contribution in [0.1, 0.15) is 5.56 Å². The average Bonchev–Trinajstić information content (AvgIpc) is 2.34. The Bertz CT molecular complexity index is 616. The first-order chi connectivity index (χ1) is 8.96. The molecule has 0 unspecified atom stereocenters. The normalized spacial score (nSPS) is 13.6. The molecule has 0 fully saturated rings. The fraction of sp³-hybridized carbons (Fsp3) is 0.143. The van der Waals surface area contributed by atoms with Gasteiger partial charge >= 0.3 is 7.52 Å². The fourth-order valence-electron chi connectivity index (χ4n) is 1.64. The Balaban J connectivity index is 2.17. The topological polar surface area (TPSA) is 38.3 Å².